The van der Waals surface area contributed by atoms with Gasteiger partial charge in [-0.2, -0.15) is 0 Å². The molecule has 2 aromatic rings. The number of amides is 1. The summed E-state index contributed by atoms with van der Waals surface area (Å²) in [6.45, 7) is 0.900. The topological polar surface area (TPSA) is 116 Å². The SMILES string of the molecule is Cc1ccc(C(=O)OCC(=O)Nc2cc(Cl)c(Cl)cc2Cl)cc1S(N)(=O)=O. The van der Waals surface area contributed by atoms with Crippen molar-refractivity contribution in [3.8, 4) is 0 Å². The number of carbonyl (C=O) groups excluding carboxylic acids is 2. The third-order valence-corrected chi connectivity index (χ3v) is 5.44. The molecule has 0 bridgehead atoms. The molecule has 0 atom stereocenters. The standard InChI is InChI=1S/C16H13Cl3N2O5S/c1-8-2-3-9(4-14(8)27(20,24)25)16(23)26-7-15(22)21-13-6-11(18)10(17)5-12(13)19/h2-6H,7H2,1H3,(H,21,22)(H2,20,24,25). The summed E-state index contributed by atoms with van der Waals surface area (Å²) >= 11 is 17.6. The van der Waals surface area contributed by atoms with Crippen molar-refractivity contribution in [2.45, 2.75) is 11.8 Å². The van der Waals surface area contributed by atoms with Crippen LogP contribution in [0.25, 0.3) is 0 Å². The van der Waals surface area contributed by atoms with Gasteiger partial charge in [0.1, 0.15) is 0 Å². The van der Waals surface area contributed by atoms with Crippen LogP contribution in [0.5, 0.6) is 0 Å². The van der Waals surface area contributed by atoms with Gasteiger partial charge in [0.25, 0.3) is 5.91 Å². The molecule has 0 heterocycles. The van der Waals surface area contributed by atoms with Crippen molar-refractivity contribution in [1.29, 1.82) is 0 Å². The third kappa shape index (κ3) is 5.57. The molecule has 2 rings (SSSR count). The summed E-state index contributed by atoms with van der Waals surface area (Å²) in [5.74, 6) is -1.57. The quantitative estimate of drug-likeness (QED) is 0.534. The van der Waals surface area contributed by atoms with Crippen LogP contribution in [0.15, 0.2) is 35.2 Å². The van der Waals surface area contributed by atoms with Crippen molar-refractivity contribution < 1.29 is 22.7 Å². The van der Waals surface area contributed by atoms with E-state index in [2.05, 4.69) is 5.32 Å². The van der Waals surface area contributed by atoms with Crippen LogP contribution in [0.1, 0.15) is 15.9 Å². The number of carbonyl (C=O) groups is 2. The van der Waals surface area contributed by atoms with Gasteiger partial charge in [0.15, 0.2) is 6.61 Å². The first-order chi connectivity index (χ1) is 12.5. The lowest BCUT2D eigenvalue weighted by atomic mass is 10.1. The van der Waals surface area contributed by atoms with Gasteiger partial charge in [-0.15, -0.1) is 0 Å². The number of hydrogen-bond donors (Lipinski definition) is 2. The van der Waals surface area contributed by atoms with Crippen LogP contribution >= 0.6 is 34.8 Å². The number of esters is 1. The van der Waals surface area contributed by atoms with E-state index >= 15 is 0 Å². The van der Waals surface area contributed by atoms with Gasteiger partial charge in [-0.1, -0.05) is 40.9 Å². The minimum Gasteiger partial charge on any atom is -0.452 e. The van der Waals surface area contributed by atoms with Crippen LogP contribution in [-0.2, 0) is 19.6 Å². The van der Waals surface area contributed by atoms with E-state index in [1.54, 1.807) is 0 Å². The van der Waals surface area contributed by atoms with Crippen molar-refractivity contribution in [3.63, 3.8) is 0 Å². The highest BCUT2D eigenvalue weighted by atomic mass is 35.5. The molecular formula is C16H13Cl3N2O5S. The van der Waals surface area contributed by atoms with Gasteiger partial charge in [0, 0.05) is 0 Å². The Kier molecular flexibility index (Phi) is 6.72. The van der Waals surface area contributed by atoms with Crippen molar-refractivity contribution in [2.75, 3.05) is 11.9 Å². The van der Waals surface area contributed by atoms with E-state index in [4.69, 9.17) is 44.7 Å². The van der Waals surface area contributed by atoms with E-state index in [0.29, 0.717) is 5.56 Å². The van der Waals surface area contributed by atoms with Gasteiger partial charge in [-0.05, 0) is 36.8 Å². The zero-order chi connectivity index (χ0) is 20.4. The number of ether oxygens (including phenoxy) is 1. The highest BCUT2D eigenvalue weighted by molar-refractivity contribution is 7.89. The smallest absolute Gasteiger partial charge is 0.338 e. The molecule has 3 N–H and O–H groups in total. The highest BCUT2D eigenvalue weighted by Gasteiger charge is 2.17. The second-order valence-electron chi connectivity index (χ2n) is 5.40. The lowest BCUT2D eigenvalue weighted by Gasteiger charge is -2.10. The Morgan fingerprint density at radius 2 is 1.70 bits per heavy atom. The summed E-state index contributed by atoms with van der Waals surface area (Å²) in [5.41, 5.74) is 0.505. The van der Waals surface area contributed by atoms with E-state index in [1.165, 1.54) is 31.2 Å². The minimum absolute atomic E-state index is 0.0648. The predicted octanol–water partition coefficient (Wildman–Crippen LogP) is 3.40. The molecule has 0 radical (unpaired) electrons. The van der Waals surface area contributed by atoms with Gasteiger partial charge < -0.3 is 10.1 Å². The largest absolute Gasteiger partial charge is 0.452 e. The van der Waals surface area contributed by atoms with Crippen molar-refractivity contribution in [1.82, 2.24) is 0 Å². The van der Waals surface area contributed by atoms with Crippen molar-refractivity contribution in [2.24, 2.45) is 5.14 Å². The number of anilines is 1. The normalized spacial score (nSPS) is 11.1. The van der Waals surface area contributed by atoms with Gasteiger partial charge in [0.05, 0.1) is 31.2 Å². The summed E-state index contributed by atoms with van der Waals surface area (Å²) in [6.07, 6.45) is 0. The number of sulfonamides is 1. The van der Waals surface area contributed by atoms with Crippen molar-refractivity contribution in [3.05, 3.63) is 56.5 Å². The molecule has 0 aliphatic rings. The first-order valence-electron chi connectivity index (χ1n) is 7.24. The van der Waals surface area contributed by atoms with Gasteiger partial charge >= 0.3 is 5.97 Å². The molecule has 11 heteroatoms. The first kappa shape index (κ1) is 21.5. The molecule has 0 fully saturated rings. The van der Waals surface area contributed by atoms with E-state index in [-0.39, 0.29) is 31.2 Å². The second-order valence-corrected chi connectivity index (χ2v) is 8.15. The number of rotatable bonds is 5. The Labute approximate surface area is 170 Å². The molecule has 144 valence electrons. The van der Waals surface area contributed by atoms with Gasteiger partial charge in [-0.3, -0.25) is 4.79 Å². The van der Waals surface area contributed by atoms with E-state index in [0.717, 1.165) is 6.07 Å². The zero-order valence-corrected chi connectivity index (χ0v) is 16.8. The number of halogens is 3. The molecular weight excluding hydrogens is 439 g/mol. The molecule has 7 nitrogen and oxygen atoms in total. The maximum absolute atomic E-state index is 12.1. The molecule has 27 heavy (non-hydrogen) atoms. The Balaban J connectivity index is 2.06. The molecule has 0 aliphatic heterocycles. The Hall–Kier alpha value is -1.84. The number of hydrogen-bond acceptors (Lipinski definition) is 5. The van der Waals surface area contributed by atoms with Crippen molar-refractivity contribution >= 4 is 62.4 Å². The lowest BCUT2D eigenvalue weighted by molar-refractivity contribution is -0.119. The highest BCUT2D eigenvalue weighted by Crippen LogP contribution is 2.32. The monoisotopic (exact) mass is 450 g/mol. The molecule has 0 aromatic heterocycles. The average Bonchev–Trinajstić information content (AvgIpc) is 2.57. The molecule has 2 aromatic carbocycles. The molecule has 0 spiro atoms. The fourth-order valence-corrected chi connectivity index (χ4v) is 3.45. The third-order valence-electron chi connectivity index (χ3n) is 3.35. The van der Waals surface area contributed by atoms with Crippen LogP contribution in [0.2, 0.25) is 15.1 Å². The lowest BCUT2D eigenvalue weighted by Crippen LogP contribution is -2.21. The fraction of sp³-hybridized carbons (Fsp3) is 0.125. The zero-order valence-electron chi connectivity index (χ0n) is 13.8. The molecule has 0 saturated heterocycles. The van der Waals surface area contributed by atoms with Crippen LogP contribution in [-0.4, -0.2) is 26.9 Å². The van der Waals surface area contributed by atoms with Gasteiger partial charge in [0.2, 0.25) is 10.0 Å². The van der Waals surface area contributed by atoms with Crippen LogP contribution in [0.3, 0.4) is 0 Å². The maximum Gasteiger partial charge on any atom is 0.338 e. The Morgan fingerprint density at radius 3 is 2.33 bits per heavy atom. The number of aryl methyl sites for hydroxylation is 1. The summed E-state index contributed by atoms with van der Waals surface area (Å²) in [5, 5.41) is 8.07. The maximum atomic E-state index is 12.1. The number of benzene rings is 2. The molecule has 0 unspecified atom stereocenters. The molecule has 0 saturated carbocycles. The Morgan fingerprint density at radius 1 is 1.07 bits per heavy atom. The van der Waals surface area contributed by atoms with Crippen LogP contribution in [0.4, 0.5) is 5.69 Å². The summed E-state index contributed by atoms with van der Waals surface area (Å²) in [6, 6.07) is 6.56. The number of primary sulfonamides is 1. The second kappa shape index (κ2) is 8.45. The molecule has 0 aliphatic carbocycles. The van der Waals surface area contributed by atoms with Crippen LogP contribution < -0.4 is 10.5 Å². The Bertz CT molecular complexity index is 1020. The first-order valence-corrected chi connectivity index (χ1v) is 9.92. The van der Waals surface area contributed by atoms with Gasteiger partial charge in [-0.25, -0.2) is 18.4 Å². The van der Waals surface area contributed by atoms with E-state index < -0.39 is 28.5 Å². The number of nitrogens with one attached hydrogen (secondary N) is 1. The van der Waals surface area contributed by atoms with E-state index in [1.807, 2.05) is 0 Å². The predicted molar refractivity (Wildman–Crippen MR) is 103 cm³/mol. The average molecular weight is 452 g/mol. The van der Waals surface area contributed by atoms with E-state index in [9.17, 15) is 18.0 Å². The number of nitrogens with two attached hydrogens (primary N) is 1. The summed E-state index contributed by atoms with van der Waals surface area (Å²) < 4.78 is 27.9. The summed E-state index contributed by atoms with van der Waals surface area (Å²) in [4.78, 5) is 23.8. The molecule has 1 amide bonds. The summed E-state index contributed by atoms with van der Waals surface area (Å²) in [7, 11) is -4.00. The van der Waals surface area contributed by atoms with Crippen LogP contribution in [0, 0.1) is 6.92 Å². The fourth-order valence-electron chi connectivity index (χ4n) is 2.05. The minimum atomic E-state index is -4.00.